The van der Waals surface area contributed by atoms with Crippen LogP contribution in [0.1, 0.15) is 23.2 Å². The lowest BCUT2D eigenvalue weighted by Gasteiger charge is -2.14. The number of benzene rings is 2. The zero-order valence-electron chi connectivity index (χ0n) is 14.0. The molecule has 130 valence electrons. The minimum atomic E-state index is -0.447. The molecule has 6 heteroatoms. The van der Waals surface area contributed by atoms with Gasteiger partial charge in [0.1, 0.15) is 11.9 Å². The third kappa shape index (κ3) is 4.16. The van der Waals surface area contributed by atoms with Gasteiger partial charge in [0.2, 0.25) is 0 Å². The SMILES string of the molecule is COc1ccc(NC(=O)c2ccccc2NC(=O)[C@H]2CCCO2)cc1. The van der Waals surface area contributed by atoms with Crippen molar-refractivity contribution in [3.05, 3.63) is 54.1 Å². The van der Waals surface area contributed by atoms with Gasteiger partial charge >= 0.3 is 0 Å². The molecule has 6 nitrogen and oxygen atoms in total. The van der Waals surface area contributed by atoms with E-state index in [-0.39, 0.29) is 11.8 Å². The molecule has 1 aliphatic heterocycles. The first-order chi connectivity index (χ1) is 12.2. The van der Waals surface area contributed by atoms with Crippen LogP contribution in [-0.4, -0.2) is 31.6 Å². The third-order valence-corrected chi connectivity index (χ3v) is 4.00. The van der Waals surface area contributed by atoms with Gasteiger partial charge < -0.3 is 20.1 Å². The van der Waals surface area contributed by atoms with E-state index in [4.69, 9.17) is 9.47 Å². The molecule has 1 fully saturated rings. The van der Waals surface area contributed by atoms with Gasteiger partial charge in [0, 0.05) is 12.3 Å². The highest BCUT2D eigenvalue weighted by Crippen LogP contribution is 2.21. The summed E-state index contributed by atoms with van der Waals surface area (Å²) in [5.74, 6) is 0.192. The van der Waals surface area contributed by atoms with Gasteiger partial charge in [-0.1, -0.05) is 12.1 Å². The van der Waals surface area contributed by atoms with E-state index in [0.717, 1.165) is 6.42 Å². The minimum Gasteiger partial charge on any atom is -0.497 e. The number of carbonyl (C=O) groups excluding carboxylic acids is 2. The molecule has 3 rings (SSSR count). The van der Waals surface area contributed by atoms with Gasteiger partial charge in [-0.2, -0.15) is 0 Å². The van der Waals surface area contributed by atoms with Crippen molar-refractivity contribution in [2.45, 2.75) is 18.9 Å². The van der Waals surface area contributed by atoms with Crippen molar-refractivity contribution >= 4 is 23.2 Å². The van der Waals surface area contributed by atoms with Crippen LogP contribution < -0.4 is 15.4 Å². The Labute approximate surface area is 146 Å². The smallest absolute Gasteiger partial charge is 0.257 e. The van der Waals surface area contributed by atoms with E-state index in [9.17, 15) is 9.59 Å². The summed E-state index contributed by atoms with van der Waals surface area (Å²) in [5, 5.41) is 5.61. The van der Waals surface area contributed by atoms with E-state index < -0.39 is 6.10 Å². The summed E-state index contributed by atoms with van der Waals surface area (Å²) < 4.78 is 10.5. The van der Waals surface area contributed by atoms with E-state index in [1.54, 1.807) is 55.6 Å². The number of nitrogens with one attached hydrogen (secondary N) is 2. The van der Waals surface area contributed by atoms with Crippen molar-refractivity contribution in [1.29, 1.82) is 0 Å². The molecule has 0 spiro atoms. The van der Waals surface area contributed by atoms with Crippen LogP contribution in [0.5, 0.6) is 5.75 Å². The van der Waals surface area contributed by atoms with Crippen molar-refractivity contribution in [3.8, 4) is 5.75 Å². The van der Waals surface area contributed by atoms with Crippen molar-refractivity contribution < 1.29 is 19.1 Å². The molecule has 0 unspecified atom stereocenters. The normalized spacial score (nSPS) is 16.3. The topological polar surface area (TPSA) is 76.7 Å². The van der Waals surface area contributed by atoms with Gasteiger partial charge in [0.25, 0.3) is 11.8 Å². The van der Waals surface area contributed by atoms with E-state index in [0.29, 0.717) is 35.7 Å². The van der Waals surface area contributed by atoms with Crippen LogP contribution in [0.4, 0.5) is 11.4 Å². The zero-order valence-corrected chi connectivity index (χ0v) is 14.0. The number of methoxy groups -OCH3 is 1. The number of rotatable bonds is 5. The molecule has 1 saturated heterocycles. The van der Waals surface area contributed by atoms with Crippen LogP contribution in [0, 0.1) is 0 Å². The number of ether oxygens (including phenoxy) is 2. The lowest BCUT2D eigenvalue weighted by atomic mass is 10.1. The van der Waals surface area contributed by atoms with Crippen molar-refractivity contribution in [2.24, 2.45) is 0 Å². The molecular weight excluding hydrogens is 320 g/mol. The van der Waals surface area contributed by atoms with Crippen molar-refractivity contribution in [3.63, 3.8) is 0 Å². The Morgan fingerprint density at radius 3 is 2.52 bits per heavy atom. The van der Waals surface area contributed by atoms with E-state index in [1.165, 1.54) is 0 Å². The maximum Gasteiger partial charge on any atom is 0.257 e. The van der Waals surface area contributed by atoms with Crippen LogP contribution in [0.15, 0.2) is 48.5 Å². The minimum absolute atomic E-state index is 0.220. The van der Waals surface area contributed by atoms with Crippen LogP contribution in [0.25, 0.3) is 0 Å². The molecule has 0 aliphatic carbocycles. The molecular formula is C19H20N2O4. The summed E-state index contributed by atoms with van der Waals surface area (Å²) in [6.07, 6.45) is 1.13. The maximum absolute atomic E-state index is 12.6. The second kappa shape index (κ2) is 7.81. The fourth-order valence-electron chi connectivity index (χ4n) is 2.66. The number of amides is 2. The number of hydrogen-bond donors (Lipinski definition) is 2. The standard InChI is InChI=1S/C19H20N2O4/c1-24-14-10-8-13(9-11-14)20-18(22)15-5-2-3-6-16(15)21-19(23)17-7-4-12-25-17/h2-3,5-6,8-11,17H,4,7,12H2,1H3,(H,20,22)(H,21,23)/t17-/m1/s1. The molecule has 2 N–H and O–H groups in total. The zero-order chi connectivity index (χ0) is 17.6. The Morgan fingerprint density at radius 1 is 1.08 bits per heavy atom. The van der Waals surface area contributed by atoms with Gasteiger partial charge in [-0.05, 0) is 49.2 Å². The summed E-state index contributed by atoms with van der Waals surface area (Å²) in [6, 6.07) is 13.9. The second-order valence-electron chi connectivity index (χ2n) is 5.72. The summed E-state index contributed by atoms with van der Waals surface area (Å²) in [6.45, 7) is 0.595. The highest BCUT2D eigenvalue weighted by Gasteiger charge is 2.24. The summed E-state index contributed by atoms with van der Waals surface area (Å²) in [7, 11) is 1.58. The molecule has 0 bridgehead atoms. The highest BCUT2D eigenvalue weighted by atomic mass is 16.5. The highest BCUT2D eigenvalue weighted by molar-refractivity contribution is 6.10. The van der Waals surface area contributed by atoms with E-state index >= 15 is 0 Å². The Balaban J connectivity index is 1.72. The maximum atomic E-state index is 12.6. The molecule has 2 aromatic rings. The Hall–Kier alpha value is -2.86. The number of hydrogen-bond acceptors (Lipinski definition) is 4. The molecule has 0 radical (unpaired) electrons. The summed E-state index contributed by atoms with van der Waals surface area (Å²) >= 11 is 0. The van der Waals surface area contributed by atoms with Gasteiger partial charge in [-0.3, -0.25) is 9.59 Å². The molecule has 25 heavy (non-hydrogen) atoms. The number of anilines is 2. The van der Waals surface area contributed by atoms with Crippen LogP contribution >= 0.6 is 0 Å². The summed E-state index contributed by atoms with van der Waals surface area (Å²) in [4.78, 5) is 24.8. The third-order valence-electron chi connectivity index (χ3n) is 4.00. The Morgan fingerprint density at radius 2 is 1.84 bits per heavy atom. The lowest BCUT2D eigenvalue weighted by Crippen LogP contribution is -2.28. The van der Waals surface area contributed by atoms with E-state index in [1.807, 2.05) is 0 Å². The first-order valence-corrected chi connectivity index (χ1v) is 8.14. The Bertz CT molecular complexity index is 752. The molecule has 0 saturated carbocycles. The average molecular weight is 340 g/mol. The number of carbonyl (C=O) groups is 2. The quantitative estimate of drug-likeness (QED) is 0.877. The van der Waals surface area contributed by atoms with Crippen molar-refractivity contribution in [2.75, 3.05) is 24.4 Å². The molecule has 1 aliphatic rings. The predicted molar refractivity (Wildman–Crippen MR) is 95.0 cm³/mol. The predicted octanol–water partition coefficient (Wildman–Crippen LogP) is 3.07. The van der Waals surface area contributed by atoms with Crippen LogP contribution in [-0.2, 0) is 9.53 Å². The van der Waals surface area contributed by atoms with Gasteiger partial charge in [-0.15, -0.1) is 0 Å². The van der Waals surface area contributed by atoms with Gasteiger partial charge in [0.05, 0.1) is 18.4 Å². The monoisotopic (exact) mass is 340 g/mol. The average Bonchev–Trinajstić information content (AvgIpc) is 3.17. The fraction of sp³-hybridized carbons (Fsp3) is 0.263. The first-order valence-electron chi connectivity index (χ1n) is 8.14. The largest absolute Gasteiger partial charge is 0.497 e. The molecule has 1 atom stereocenters. The number of para-hydroxylation sites is 1. The molecule has 0 aromatic heterocycles. The summed E-state index contributed by atoms with van der Waals surface area (Å²) in [5.41, 5.74) is 1.50. The molecule has 2 aromatic carbocycles. The fourth-order valence-corrected chi connectivity index (χ4v) is 2.66. The van der Waals surface area contributed by atoms with Crippen LogP contribution in [0.3, 0.4) is 0 Å². The van der Waals surface area contributed by atoms with Gasteiger partial charge in [0.15, 0.2) is 0 Å². The van der Waals surface area contributed by atoms with E-state index in [2.05, 4.69) is 10.6 Å². The van der Waals surface area contributed by atoms with Gasteiger partial charge in [-0.25, -0.2) is 0 Å². The molecule has 2 amide bonds. The second-order valence-corrected chi connectivity index (χ2v) is 5.72. The van der Waals surface area contributed by atoms with Crippen molar-refractivity contribution in [1.82, 2.24) is 0 Å². The van der Waals surface area contributed by atoms with Crippen LogP contribution in [0.2, 0.25) is 0 Å². The molecule has 1 heterocycles. The lowest BCUT2D eigenvalue weighted by molar-refractivity contribution is -0.124. The Kier molecular flexibility index (Phi) is 5.30. The first kappa shape index (κ1) is 17.0.